The lowest BCUT2D eigenvalue weighted by Crippen LogP contribution is -2.37. The molecule has 0 heterocycles. The smallest absolute Gasteiger partial charge is 0.0564 e. The second kappa shape index (κ2) is 6.95. The van der Waals surface area contributed by atoms with E-state index in [1.54, 1.807) is 11.8 Å². The predicted octanol–water partition coefficient (Wildman–Crippen LogP) is 1.60. The molecule has 0 aliphatic heterocycles. The van der Waals surface area contributed by atoms with Gasteiger partial charge < -0.3 is 10.4 Å². The van der Waals surface area contributed by atoms with Crippen molar-refractivity contribution in [1.82, 2.24) is 5.32 Å². The Bertz CT molecular complexity index is 139. The third kappa shape index (κ3) is 5.19. The fraction of sp³-hybridized carbons (Fsp3) is 0.750. The zero-order chi connectivity index (χ0) is 9.56. The van der Waals surface area contributed by atoms with Crippen LogP contribution in [-0.2, 0) is 0 Å². The van der Waals surface area contributed by atoms with Crippen molar-refractivity contribution in [3.05, 3.63) is 11.1 Å². The van der Waals surface area contributed by atoms with Crippen molar-refractivity contribution < 1.29 is 5.11 Å². The molecule has 0 rings (SSSR count). The Kier molecular flexibility index (Phi) is 7.23. The first-order valence-electron chi connectivity index (χ1n) is 3.82. The fourth-order valence-electron chi connectivity index (χ4n) is 0.840. The average Bonchev–Trinajstić information content (AvgIpc) is 2.03. The number of aliphatic hydroxyl groups is 1. The number of thioether (sulfide) groups is 1. The van der Waals surface area contributed by atoms with Gasteiger partial charge in [0.2, 0.25) is 0 Å². The first kappa shape index (κ1) is 12.5. The molecule has 0 aliphatic rings. The number of nitrogens with one attached hydrogen (secondary N) is 1. The van der Waals surface area contributed by atoms with Gasteiger partial charge in [-0.3, -0.25) is 0 Å². The van der Waals surface area contributed by atoms with E-state index < -0.39 is 0 Å². The van der Waals surface area contributed by atoms with E-state index in [9.17, 15) is 0 Å². The molecular formula is C8H16BrNOS. The van der Waals surface area contributed by atoms with Crippen molar-refractivity contribution >= 4 is 27.7 Å². The molecular weight excluding hydrogens is 238 g/mol. The molecule has 0 saturated heterocycles. The van der Waals surface area contributed by atoms with Crippen LogP contribution in [0.15, 0.2) is 11.1 Å². The molecule has 0 aromatic heterocycles. The molecule has 2 unspecified atom stereocenters. The second-order valence-electron chi connectivity index (χ2n) is 2.64. The molecule has 2 nitrogen and oxygen atoms in total. The van der Waals surface area contributed by atoms with Crippen molar-refractivity contribution in [2.75, 3.05) is 19.4 Å². The standard InChI is InChI=1S/C8H16BrNOS/c1-6(9)4-10-7(2)8(5-11)12-3/h7-8,10-11H,1,4-5H2,2-3H3. The van der Waals surface area contributed by atoms with E-state index >= 15 is 0 Å². The Morgan fingerprint density at radius 3 is 2.67 bits per heavy atom. The quantitative estimate of drug-likeness (QED) is 0.755. The molecule has 12 heavy (non-hydrogen) atoms. The lowest BCUT2D eigenvalue weighted by molar-refractivity contribution is 0.277. The van der Waals surface area contributed by atoms with E-state index in [0.717, 1.165) is 11.0 Å². The molecule has 0 aromatic carbocycles. The third-order valence-electron chi connectivity index (χ3n) is 1.66. The molecule has 2 atom stereocenters. The summed E-state index contributed by atoms with van der Waals surface area (Å²) in [6.45, 7) is 6.75. The van der Waals surface area contributed by atoms with Crippen LogP contribution in [0.3, 0.4) is 0 Å². The Labute approximate surface area is 86.9 Å². The van der Waals surface area contributed by atoms with Crippen LogP contribution < -0.4 is 5.32 Å². The first-order valence-corrected chi connectivity index (χ1v) is 5.90. The summed E-state index contributed by atoms with van der Waals surface area (Å²) < 4.78 is 0.937. The number of aliphatic hydroxyl groups excluding tert-OH is 1. The summed E-state index contributed by atoms with van der Waals surface area (Å²) in [6, 6.07) is 0.305. The summed E-state index contributed by atoms with van der Waals surface area (Å²) >= 11 is 4.94. The van der Waals surface area contributed by atoms with Gasteiger partial charge >= 0.3 is 0 Å². The van der Waals surface area contributed by atoms with Crippen LogP contribution in [0.2, 0.25) is 0 Å². The highest BCUT2D eigenvalue weighted by Gasteiger charge is 2.13. The summed E-state index contributed by atoms with van der Waals surface area (Å²) in [5.74, 6) is 0. The van der Waals surface area contributed by atoms with Gasteiger partial charge in [-0.25, -0.2) is 0 Å². The zero-order valence-electron chi connectivity index (χ0n) is 7.51. The van der Waals surface area contributed by atoms with Crippen LogP contribution in [0.5, 0.6) is 0 Å². The third-order valence-corrected chi connectivity index (χ3v) is 3.10. The molecule has 0 aromatic rings. The summed E-state index contributed by atoms with van der Waals surface area (Å²) in [5, 5.41) is 12.5. The number of halogens is 1. The van der Waals surface area contributed by atoms with E-state index in [0.29, 0.717) is 6.04 Å². The second-order valence-corrected chi connectivity index (χ2v) is 4.84. The van der Waals surface area contributed by atoms with Gasteiger partial charge in [0.25, 0.3) is 0 Å². The minimum absolute atomic E-state index is 0.212. The maximum atomic E-state index is 8.97. The molecule has 4 heteroatoms. The number of hydrogen-bond acceptors (Lipinski definition) is 3. The van der Waals surface area contributed by atoms with Gasteiger partial charge in [-0.2, -0.15) is 11.8 Å². The molecule has 0 bridgehead atoms. The van der Waals surface area contributed by atoms with Crippen LogP contribution in [0, 0.1) is 0 Å². The van der Waals surface area contributed by atoms with Crippen molar-refractivity contribution in [3.63, 3.8) is 0 Å². The van der Waals surface area contributed by atoms with Crippen molar-refractivity contribution in [3.8, 4) is 0 Å². The maximum absolute atomic E-state index is 8.97. The van der Waals surface area contributed by atoms with Crippen molar-refractivity contribution in [1.29, 1.82) is 0 Å². The molecule has 0 aliphatic carbocycles. The minimum Gasteiger partial charge on any atom is -0.395 e. The van der Waals surface area contributed by atoms with Gasteiger partial charge in [0.1, 0.15) is 0 Å². The average molecular weight is 254 g/mol. The summed E-state index contributed by atoms with van der Waals surface area (Å²) in [6.07, 6.45) is 2.00. The first-order chi connectivity index (χ1) is 5.61. The maximum Gasteiger partial charge on any atom is 0.0564 e. The van der Waals surface area contributed by atoms with E-state index in [4.69, 9.17) is 5.11 Å². The lowest BCUT2D eigenvalue weighted by Gasteiger charge is -2.20. The summed E-state index contributed by atoms with van der Waals surface area (Å²) in [5.41, 5.74) is 0. The van der Waals surface area contributed by atoms with Gasteiger partial charge in [-0.1, -0.05) is 22.5 Å². The van der Waals surface area contributed by atoms with E-state index in [1.165, 1.54) is 0 Å². The van der Waals surface area contributed by atoms with Gasteiger partial charge in [-0.15, -0.1) is 0 Å². The van der Waals surface area contributed by atoms with Crippen LogP contribution >= 0.6 is 27.7 Å². The van der Waals surface area contributed by atoms with Crippen LogP contribution in [0.1, 0.15) is 6.92 Å². The molecule has 0 saturated carbocycles. The van der Waals surface area contributed by atoms with Crippen LogP contribution in [0.4, 0.5) is 0 Å². The SMILES string of the molecule is C=C(Br)CNC(C)C(CO)SC. The molecule has 0 amide bonds. The normalized spacial score (nSPS) is 15.7. The van der Waals surface area contributed by atoms with E-state index in [2.05, 4.69) is 34.7 Å². The molecule has 0 fully saturated rings. The zero-order valence-corrected chi connectivity index (χ0v) is 9.91. The fourth-order valence-corrected chi connectivity index (χ4v) is 1.66. The van der Waals surface area contributed by atoms with Crippen LogP contribution in [-0.4, -0.2) is 35.8 Å². The Morgan fingerprint density at radius 1 is 1.75 bits per heavy atom. The summed E-state index contributed by atoms with van der Waals surface area (Å²) in [4.78, 5) is 0. The van der Waals surface area contributed by atoms with Crippen molar-refractivity contribution in [2.45, 2.75) is 18.2 Å². The molecule has 72 valence electrons. The van der Waals surface area contributed by atoms with Gasteiger partial charge in [-0.05, 0) is 13.2 Å². The lowest BCUT2D eigenvalue weighted by atomic mass is 10.2. The largest absolute Gasteiger partial charge is 0.395 e. The highest BCUT2D eigenvalue weighted by Crippen LogP contribution is 2.10. The molecule has 0 spiro atoms. The Morgan fingerprint density at radius 2 is 2.33 bits per heavy atom. The highest BCUT2D eigenvalue weighted by atomic mass is 79.9. The Balaban J connectivity index is 3.68. The minimum atomic E-state index is 0.212. The number of hydrogen-bond donors (Lipinski definition) is 2. The predicted molar refractivity (Wildman–Crippen MR) is 59.9 cm³/mol. The van der Waals surface area contributed by atoms with Gasteiger partial charge in [0, 0.05) is 22.3 Å². The van der Waals surface area contributed by atoms with E-state index in [-0.39, 0.29) is 11.9 Å². The Hall–Kier alpha value is 0.490. The monoisotopic (exact) mass is 253 g/mol. The highest BCUT2D eigenvalue weighted by molar-refractivity contribution is 9.11. The topological polar surface area (TPSA) is 32.3 Å². The van der Waals surface area contributed by atoms with Crippen molar-refractivity contribution in [2.24, 2.45) is 0 Å². The van der Waals surface area contributed by atoms with Gasteiger partial charge in [0.15, 0.2) is 0 Å². The van der Waals surface area contributed by atoms with Gasteiger partial charge in [0.05, 0.1) is 6.61 Å². The summed E-state index contributed by atoms with van der Waals surface area (Å²) in [7, 11) is 0. The molecule has 0 radical (unpaired) electrons. The molecule has 2 N–H and O–H groups in total. The number of rotatable bonds is 6. The van der Waals surface area contributed by atoms with Crippen LogP contribution in [0.25, 0.3) is 0 Å². The van der Waals surface area contributed by atoms with E-state index in [1.807, 2.05) is 6.26 Å².